The third-order valence-corrected chi connectivity index (χ3v) is 12.3. The second-order valence-corrected chi connectivity index (χ2v) is 17.3. The third kappa shape index (κ3) is 21.1. The molecule has 2 aromatic rings. The van der Waals surface area contributed by atoms with Gasteiger partial charge in [0.05, 0.1) is 0 Å². The molecule has 3 rings (SSSR count). The highest BCUT2D eigenvalue weighted by atomic mass is 31.1. The lowest BCUT2D eigenvalue weighted by molar-refractivity contribution is -0.120. The molecule has 5 atom stereocenters. The van der Waals surface area contributed by atoms with Crippen molar-refractivity contribution in [1.29, 1.82) is 0 Å². The van der Waals surface area contributed by atoms with E-state index < -0.39 is 0 Å². The van der Waals surface area contributed by atoms with Gasteiger partial charge in [0.25, 0.3) is 0 Å². The second kappa shape index (κ2) is 32.4. The van der Waals surface area contributed by atoms with Gasteiger partial charge in [-0.3, -0.25) is 9.59 Å². The van der Waals surface area contributed by atoms with Crippen LogP contribution in [0.5, 0.6) is 0 Å². The fraction of sp³-hybridized carbons (Fsp3) is 0.600. The second-order valence-electron chi connectivity index (χ2n) is 15.7. The summed E-state index contributed by atoms with van der Waals surface area (Å²) in [7, 11) is 2.60. The normalized spacial score (nSPS) is 15.3. The molecular weight excluding hydrogens is 760 g/mol. The summed E-state index contributed by atoms with van der Waals surface area (Å²) in [4.78, 5) is 24.9. The van der Waals surface area contributed by atoms with Crippen LogP contribution in [0.3, 0.4) is 0 Å². The predicted molar refractivity (Wildman–Crippen MR) is 251 cm³/mol. The van der Waals surface area contributed by atoms with Gasteiger partial charge in [0.2, 0.25) is 12.3 Å². The predicted octanol–water partition coefficient (Wildman–Crippen LogP) is 12.0. The van der Waals surface area contributed by atoms with E-state index in [1.165, 1.54) is 12.1 Å². The molecule has 1 fully saturated rings. The monoisotopic (exact) mass is 840 g/mol. The molecule has 2 amide bonds. The zero-order chi connectivity index (χ0) is 44.0. The van der Waals surface area contributed by atoms with Gasteiger partial charge in [-0.05, 0) is 105 Å². The number of likely N-dealkylation sites (N-methyl/N-ethyl adjacent to an activating group) is 1. The Morgan fingerprint density at radius 2 is 1.69 bits per heavy atom. The lowest BCUT2D eigenvalue weighted by atomic mass is 9.87. The van der Waals surface area contributed by atoms with Gasteiger partial charge in [0.1, 0.15) is 11.6 Å². The molecule has 0 spiro atoms. The fourth-order valence-corrected chi connectivity index (χ4v) is 8.40. The minimum absolute atomic E-state index is 0.0318. The number of ether oxygens (including phenoxy) is 1. The highest BCUT2D eigenvalue weighted by Crippen LogP contribution is 2.35. The molecule has 1 saturated heterocycles. The summed E-state index contributed by atoms with van der Waals surface area (Å²) in [6, 6.07) is 11.1. The molecule has 1 N–H and O–H groups in total. The number of rotatable bonds is 24. The number of hydrogen-bond donors (Lipinski definition) is 1. The van der Waals surface area contributed by atoms with Crippen molar-refractivity contribution >= 4 is 31.9 Å². The number of amides is 2. The van der Waals surface area contributed by atoms with Crippen molar-refractivity contribution in [1.82, 2.24) is 15.1 Å². The fourth-order valence-electron chi connectivity index (χ4n) is 7.06. The van der Waals surface area contributed by atoms with Crippen LogP contribution in [0, 0.1) is 17.6 Å². The van der Waals surface area contributed by atoms with Crippen LogP contribution in [-0.4, -0.2) is 73.7 Å². The molecule has 1 heterocycles. The first kappa shape index (κ1) is 53.7. The van der Waals surface area contributed by atoms with E-state index in [2.05, 4.69) is 104 Å². The molecule has 0 saturated carbocycles. The Bertz CT molecular complexity index is 1520. The summed E-state index contributed by atoms with van der Waals surface area (Å²) in [5.74, 6) is 0.421. The van der Waals surface area contributed by atoms with Crippen LogP contribution in [0.1, 0.15) is 149 Å². The highest BCUT2D eigenvalue weighted by molar-refractivity contribution is 7.48. The van der Waals surface area contributed by atoms with E-state index in [-0.39, 0.29) is 29.5 Å². The zero-order valence-corrected chi connectivity index (χ0v) is 39.3. The number of aryl methyl sites for hydroxylation is 1. The quantitative estimate of drug-likeness (QED) is 0.0495. The van der Waals surface area contributed by atoms with Crippen LogP contribution >= 0.6 is 8.58 Å². The Kier molecular flexibility index (Phi) is 29.5. The molecule has 9 heteroatoms. The Hall–Kier alpha value is -3.35. The standard InChI is InChI=1S/C41H62F2NOP.C6H10N2O2.C3H8/c1-9-14-19-31(6)20-15-16-21-39(32(7)33-22-24-35(42)25-23-33)44(8)40(18-11-3)37-30-41(38(43)29-34(37)17-10-2)46-36(13-5)26-28-45-27-12-4;9-5-8-3-1-6(10)7-2-4-8;1-3-2/h9,15,18,20,22-25,29-32,36,39,46H,1,10-14,16-17,19,21,26-28H2,2-8H3;5H,1-4H2,(H,7,10);3H2,1-2H3/b20-15-,40-18+;;. The van der Waals surface area contributed by atoms with Crippen molar-refractivity contribution in [3.63, 3.8) is 0 Å². The van der Waals surface area contributed by atoms with Crippen molar-refractivity contribution in [2.75, 3.05) is 39.9 Å². The number of carbonyl (C=O) groups excluding carboxylic acids is 2. The number of allylic oxidation sites excluding steroid dienone is 4. The minimum Gasteiger partial charge on any atom is -0.381 e. The molecule has 2 aromatic carbocycles. The highest BCUT2D eigenvalue weighted by Gasteiger charge is 2.27. The molecular formula is C50H80F2N3O3P. The van der Waals surface area contributed by atoms with Crippen LogP contribution in [0.25, 0.3) is 5.70 Å². The third-order valence-electron chi connectivity index (χ3n) is 10.5. The lowest BCUT2D eigenvalue weighted by Gasteiger charge is -2.37. The number of carbonyl (C=O) groups is 2. The van der Waals surface area contributed by atoms with Gasteiger partial charge in [0.15, 0.2) is 0 Å². The SMILES string of the molecule is C=CCCC(C)/C=C\CCC(C(C)c1ccc(F)cc1)N(C)/C(=C/CC)c1cc(PC(CC)CCOCCC)c(F)cc1CCC.CCC.O=CN1CCNC(=O)CC1. The molecule has 0 aromatic heterocycles. The van der Waals surface area contributed by atoms with Crippen molar-refractivity contribution in [2.45, 2.75) is 150 Å². The van der Waals surface area contributed by atoms with E-state index in [0.717, 1.165) is 106 Å². The molecule has 0 bridgehead atoms. The zero-order valence-electron chi connectivity index (χ0n) is 38.3. The first-order valence-corrected chi connectivity index (χ1v) is 23.6. The summed E-state index contributed by atoms with van der Waals surface area (Å²) in [5.41, 5.74) is 4.92. The van der Waals surface area contributed by atoms with Gasteiger partial charge in [-0.25, -0.2) is 8.78 Å². The van der Waals surface area contributed by atoms with E-state index in [0.29, 0.717) is 46.2 Å². The van der Waals surface area contributed by atoms with E-state index in [1.807, 2.05) is 24.3 Å². The first-order chi connectivity index (χ1) is 28.4. The van der Waals surface area contributed by atoms with Crippen LogP contribution in [-0.2, 0) is 20.7 Å². The summed E-state index contributed by atoms with van der Waals surface area (Å²) in [5, 5.41) is 3.50. The maximum Gasteiger partial charge on any atom is 0.221 e. The molecule has 5 unspecified atom stereocenters. The topological polar surface area (TPSA) is 61.9 Å². The van der Waals surface area contributed by atoms with Gasteiger partial charge in [-0.1, -0.05) is 113 Å². The van der Waals surface area contributed by atoms with Gasteiger partial charge in [0, 0.05) is 74.8 Å². The lowest BCUT2D eigenvalue weighted by Crippen LogP contribution is -2.35. The van der Waals surface area contributed by atoms with Gasteiger partial charge < -0.3 is 19.9 Å². The van der Waals surface area contributed by atoms with E-state index in [9.17, 15) is 14.0 Å². The van der Waals surface area contributed by atoms with E-state index in [1.54, 1.807) is 17.0 Å². The van der Waals surface area contributed by atoms with E-state index >= 15 is 4.39 Å². The molecule has 0 aliphatic carbocycles. The Labute approximate surface area is 360 Å². The van der Waals surface area contributed by atoms with Crippen molar-refractivity contribution in [2.24, 2.45) is 5.92 Å². The molecule has 1 aliphatic rings. The summed E-state index contributed by atoms with van der Waals surface area (Å²) >= 11 is 0. The molecule has 332 valence electrons. The number of nitrogens with one attached hydrogen (secondary N) is 1. The van der Waals surface area contributed by atoms with Crippen LogP contribution in [0.15, 0.2) is 67.3 Å². The number of hydrogen-bond acceptors (Lipinski definition) is 4. The van der Waals surface area contributed by atoms with Gasteiger partial charge >= 0.3 is 0 Å². The Morgan fingerprint density at radius 1 is 0.983 bits per heavy atom. The Balaban J connectivity index is 0.00000114. The Morgan fingerprint density at radius 3 is 2.31 bits per heavy atom. The number of halogens is 2. The van der Waals surface area contributed by atoms with Crippen molar-refractivity contribution in [3.05, 3.63) is 95.6 Å². The summed E-state index contributed by atoms with van der Waals surface area (Å²) < 4.78 is 35.4. The van der Waals surface area contributed by atoms with Crippen LogP contribution in [0.2, 0.25) is 0 Å². The molecule has 1 aliphatic heterocycles. The maximum atomic E-state index is 15.7. The van der Waals surface area contributed by atoms with Crippen LogP contribution < -0.4 is 10.6 Å². The largest absolute Gasteiger partial charge is 0.381 e. The molecule has 59 heavy (non-hydrogen) atoms. The van der Waals surface area contributed by atoms with E-state index in [4.69, 9.17) is 4.74 Å². The van der Waals surface area contributed by atoms with Crippen molar-refractivity contribution < 1.29 is 23.1 Å². The summed E-state index contributed by atoms with van der Waals surface area (Å²) in [6.07, 6.45) is 21.1. The summed E-state index contributed by atoms with van der Waals surface area (Å²) in [6.45, 7) is 24.6. The first-order valence-electron chi connectivity index (χ1n) is 22.5. The average Bonchev–Trinajstić information content (AvgIpc) is 3.45. The average molecular weight is 840 g/mol. The van der Waals surface area contributed by atoms with Crippen LogP contribution in [0.4, 0.5) is 8.78 Å². The molecule has 6 nitrogen and oxygen atoms in total. The van der Waals surface area contributed by atoms with Crippen molar-refractivity contribution in [3.8, 4) is 0 Å². The van der Waals surface area contributed by atoms with Gasteiger partial charge in [-0.15, -0.1) is 6.58 Å². The smallest absolute Gasteiger partial charge is 0.221 e. The number of nitrogens with zero attached hydrogens (tertiary/aromatic N) is 2. The maximum absolute atomic E-state index is 15.7. The minimum atomic E-state index is -0.213. The number of benzene rings is 2. The van der Waals surface area contributed by atoms with Gasteiger partial charge in [-0.2, -0.15) is 0 Å². The molecule has 0 radical (unpaired) electrons.